The van der Waals surface area contributed by atoms with E-state index in [-0.39, 0.29) is 0 Å². The summed E-state index contributed by atoms with van der Waals surface area (Å²) in [5, 5.41) is 3.10. The quantitative estimate of drug-likeness (QED) is 0.889. The van der Waals surface area contributed by atoms with E-state index < -0.39 is 0 Å². The lowest BCUT2D eigenvalue weighted by Gasteiger charge is -2.13. The van der Waals surface area contributed by atoms with E-state index in [1.807, 2.05) is 5.51 Å². The molecule has 0 fully saturated rings. The number of hydrogen-bond donors (Lipinski definition) is 1. The van der Waals surface area contributed by atoms with Crippen LogP contribution in [0.25, 0.3) is 0 Å². The first-order valence-corrected chi connectivity index (χ1v) is 8.19. The zero-order chi connectivity index (χ0) is 13.8. The average molecular weight is 296 g/mol. The van der Waals surface area contributed by atoms with E-state index in [4.69, 9.17) is 10.7 Å². The number of aromatic nitrogens is 2. The topological polar surface area (TPSA) is 55.0 Å². The fourth-order valence-corrected chi connectivity index (χ4v) is 3.43. The second-order valence-corrected chi connectivity index (χ2v) is 6.43. The van der Waals surface area contributed by atoms with Gasteiger partial charge in [-0.25, -0.2) is 9.97 Å². The Balaban J connectivity index is 2.18. The maximum Gasteiger partial charge on any atom is 0.185 e. The summed E-state index contributed by atoms with van der Waals surface area (Å²) in [5.41, 5.74) is 9.94. The van der Waals surface area contributed by atoms with Gasteiger partial charge in [0.2, 0.25) is 0 Å². The lowest BCUT2D eigenvalue weighted by Crippen LogP contribution is -2.16. The van der Waals surface area contributed by atoms with Crippen molar-refractivity contribution in [3.05, 3.63) is 27.2 Å². The van der Waals surface area contributed by atoms with E-state index in [1.165, 1.54) is 4.88 Å². The lowest BCUT2D eigenvalue weighted by atomic mass is 10.0. The molecular formula is C13H20N4S2. The van der Waals surface area contributed by atoms with Crippen LogP contribution in [-0.2, 0) is 13.1 Å². The molecule has 2 aromatic rings. The highest BCUT2D eigenvalue weighted by atomic mass is 32.1. The number of rotatable bonds is 6. The molecule has 2 heterocycles. The molecule has 2 aromatic heterocycles. The van der Waals surface area contributed by atoms with Gasteiger partial charge in [0.1, 0.15) is 0 Å². The van der Waals surface area contributed by atoms with E-state index in [0.29, 0.717) is 12.5 Å². The minimum atomic E-state index is 0.469. The predicted molar refractivity (Wildman–Crippen MR) is 82.9 cm³/mol. The number of nitrogens with zero attached hydrogens (tertiary/aromatic N) is 3. The van der Waals surface area contributed by atoms with Crippen LogP contribution in [0.4, 0.5) is 5.13 Å². The van der Waals surface area contributed by atoms with Gasteiger partial charge in [-0.05, 0) is 12.3 Å². The van der Waals surface area contributed by atoms with Crippen LogP contribution in [0.3, 0.4) is 0 Å². The van der Waals surface area contributed by atoms with Gasteiger partial charge in [-0.2, -0.15) is 0 Å². The number of nitrogens with two attached hydrogens (primary N) is 1. The molecule has 0 aliphatic carbocycles. The Morgan fingerprint density at radius 2 is 2.26 bits per heavy atom. The van der Waals surface area contributed by atoms with Gasteiger partial charge in [0, 0.05) is 23.8 Å². The third-order valence-electron chi connectivity index (χ3n) is 3.19. The van der Waals surface area contributed by atoms with Crippen LogP contribution in [0.5, 0.6) is 0 Å². The third-order valence-corrected chi connectivity index (χ3v) is 5.03. The summed E-state index contributed by atoms with van der Waals surface area (Å²) in [6.07, 6.45) is 1.09. The largest absolute Gasteiger partial charge is 0.345 e. The summed E-state index contributed by atoms with van der Waals surface area (Å²) in [6.45, 7) is 5.75. The Labute approximate surface area is 122 Å². The summed E-state index contributed by atoms with van der Waals surface area (Å²) >= 11 is 3.32. The van der Waals surface area contributed by atoms with Crippen molar-refractivity contribution in [1.82, 2.24) is 9.97 Å². The molecule has 0 aliphatic rings. The molecule has 2 N–H and O–H groups in total. The smallest absolute Gasteiger partial charge is 0.185 e. The number of thiazole rings is 2. The van der Waals surface area contributed by atoms with E-state index in [0.717, 1.165) is 29.5 Å². The van der Waals surface area contributed by atoms with E-state index >= 15 is 0 Å². The molecule has 0 spiro atoms. The minimum Gasteiger partial charge on any atom is -0.345 e. The minimum absolute atomic E-state index is 0.469. The zero-order valence-electron chi connectivity index (χ0n) is 11.6. The highest BCUT2D eigenvalue weighted by Gasteiger charge is 2.17. The van der Waals surface area contributed by atoms with Crippen LogP contribution >= 0.6 is 22.7 Å². The zero-order valence-corrected chi connectivity index (χ0v) is 13.2. The molecule has 2 rings (SSSR count). The highest BCUT2D eigenvalue weighted by Crippen LogP contribution is 2.31. The van der Waals surface area contributed by atoms with Crippen LogP contribution in [0, 0.1) is 0 Å². The molecule has 0 saturated heterocycles. The van der Waals surface area contributed by atoms with Crippen molar-refractivity contribution in [2.24, 2.45) is 5.73 Å². The molecule has 0 saturated carbocycles. The van der Waals surface area contributed by atoms with Gasteiger partial charge in [-0.3, -0.25) is 0 Å². The number of anilines is 1. The summed E-state index contributed by atoms with van der Waals surface area (Å²) in [5.74, 6) is 0.469. The third kappa shape index (κ3) is 3.32. The van der Waals surface area contributed by atoms with Gasteiger partial charge >= 0.3 is 0 Å². The molecular weight excluding hydrogens is 276 g/mol. The summed E-state index contributed by atoms with van der Waals surface area (Å²) in [7, 11) is 2.05. The Morgan fingerprint density at radius 1 is 1.47 bits per heavy atom. The Bertz CT molecular complexity index is 507. The van der Waals surface area contributed by atoms with Crippen molar-refractivity contribution in [3.63, 3.8) is 0 Å². The fraction of sp³-hybridized carbons (Fsp3) is 0.538. The molecule has 1 unspecified atom stereocenters. The maximum absolute atomic E-state index is 5.83. The van der Waals surface area contributed by atoms with Gasteiger partial charge in [0.05, 0.1) is 23.4 Å². The van der Waals surface area contributed by atoms with Crippen molar-refractivity contribution in [1.29, 1.82) is 0 Å². The summed E-state index contributed by atoms with van der Waals surface area (Å²) in [4.78, 5) is 12.4. The van der Waals surface area contributed by atoms with Gasteiger partial charge in [0.25, 0.3) is 0 Å². The second kappa shape index (κ2) is 6.45. The molecule has 0 bridgehead atoms. The standard InChI is InChI=1S/C13H20N4S2/c1-4-9(2)12-11(5-14)19-13(16-12)17(3)6-10-7-18-8-15-10/h7-9H,4-6,14H2,1-3H3. The van der Waals surface area contributed by atoms with Crippen molar-refractivity contribution in [3.8, 4) is 0 Å². The molecule has 1 atom stereocenters. The predicted octanol–water partition coefficient (Wildman–Crippen LogP) is 3.21. The number of hydrogen-bond acceptors (Lipinski definition) is 6. The first kappa shape index (κ1) is 14.4. The maximum atomic E-state index is 5.83. The SMILES string of the molecule is CCC(C)c1nc(N(C)Cc2cscn2)sc1CN. The van der Waals surface area contributed by atoms with Crippen molar-refractivity contribution >= 4 is 27.8 Å². The molecule has 0 aliphatic heterocycles. The van der Waals surface area contributed by atoms with Crippen molar-refractivity contribution < 1.29 is 0 Å². The second-order valence-electron chi connectivity index (χ2n) is 4.65. The van der Waals surface area contributed by atoms with Crippen LogP contribution in [-0.4, -0.2) is 17.0 Å². The monoisotopic (exact) mass is 296 g/mol. The van der Waals surface area contributed by atoms with E-state index in [1.54, 1.807) is 22.7 Å². The van der Waals surface area contributed by atoms with E-state index in [9.17, 15) is 0 Å². The van der Waals surface area contributed by atoms with Crippen molar-refractivity contribution in [2.45, 2.75) is 39.3 Å². The molecule has 19 heavy (non-hydrogen) atoms. The van der Waals surface area contributed by atoms with E-state index in [2.05, 4.69) is 36.2 Å². The van der Waals surface area contributed by atoms with Crippen LogP contribution < -0.4 is 10.6 Å². The molecule has 6 heteroatoms. The molecule has 4 nitrogen and oxygen atoms in total. The normalized spacial score (nSPS) is 12.6. The molecule has 104 valence electrons. The van der Waals surface area contributed by atoms with Gasteiger partial charge in [-0.1, -0.05) is 13.8 Å². The molecule has 0 amide bonds. The van der Waals surface area contributed by atoms with Crippen molar-refractivity contribution in [2.75, 3.05) is 11.9 Å². The molecule has 0 aromatic carbocycles. The van der Waals surface area contributed by atoms with Gasteiger partial charge in [0.15, 0.2) is 5.13 Å². The Kier molecular flexibility index (Phi) is 4.90. The van der Waals surface area contributed by atoms with Gasteiger partial charge < -0.3 is 10.6 Å². The van der Waals surface area contributed by atoms with Crippen LogP contribution in [0.1, 0.15) is 42.5 Å². The Hall–Kier alpha value is -0.980. The van der Waals surface area contributed by atoms with Crippen LogP contribution in [0.2, 0.25) is 0 Å². The lowest BCUT2D eigenvalue weighted by molar-refractivity contribution is 0.702. The summed E-state index contributed by atoms with van der Waals surface area (Å²) in [6, 6.07) is 0. The Morgan fingerprint density at radius 3 is 2.84 bits per heavy atom. The molecule has 0 radical (unpaired) electrons. The highest BCUT2D eigenvalue weighted by molar-refractivity contribution is 7.15. The fourth-order valence-electron chi connectivity index (χ4n) is 1.86. The van der Waals surface area contributed by atoms with Crippen LogP contribution in [0.15, 0.2) is 10.9 Å². The summed E-state index contributed by atoms with van der Waals surface area (Å²) < 4.78 is 0. The van der Waals surface area contributed by atoms with Gasteiger partial charge in [-0.15, -0.1) is 22.7 Å². The first-order valence-electron chi connectivity index (χ1n) is 6.43. The first-order chi connectivity index (χ1) is 9.15. The average Bonchev–Trinajstić information content (AvgIpc) is 3.06.